The maximum atomic E-state index is 12.2. The van der Waals surface area contributed by atoms with E-state index in [0.29, 0.717) is 24.6 Å². The van der Waals surface area contributed by atoms with Crippen LogP contribution >= 0.6 is 11.3 Å². The summed E-state index contributed by atoms with van der Waals surface area (Å²) in [6.07, 6.45) is 3.33. The van der Waals surface area contributed by atoms with Gasteiger partial charge in [-0.1, -0.05) is 31.2 Å². The molecular weight excluding hydrogens is 382 g/mol. The van der Waals surface area contributed by atoms with Gasteiger partial charge in [-0.15, -0.1) is 11.3 Å². The molecule has 1 saturated heterocycles. The van der Waals surface area contributed by atoms with E-state index in [2.05, 4.69) is 29.4 Å². The van der Waals surface area contributed by atoms with E-state index in [1.54, 1.807) is 0 Å². The first kappa shape index (κ1) is 20.0. The number of amides is 1. The van der Waals surface area contributed by atoms with Crippen LogP contribution in [-0.4, -0.2) is 42.5 Å². The number of nitrogens with zero attached hydrogens (tertiary/aromatic N) is 2. The number of carbonyl (C=O) groups is 1. The minimum absolute atomic E-state index is 0.0211. The first-order valence-electron chi connectivity index (χ1n) is 9.30. The third kappa shape index (κ3) is 5.37. The summed E-state index contributed by atoms with van der Waals surface area (Å²) >= 11 is 1.37. The Morgan fingerprint density at radius 3 is 2.59 bits per heavy atom. The van der Waals surface area contributed by atoms with Crippen molar-refractivity contribution in [2.75, 3.05) is 24.2 Å². The van der Waals surface area contributed by atoms with Gasteiger partial charge < -0.3 is 5.32 Å². The molecule has 0 unspecified atom stereocenters. The van der Waals surface area contributed by atoms with Gasteiger partial charge in [0.1, 0.15) is 0 Å². The third-order valence-corrected chi connectivity index (χ3v) is 7.39. The zero-order chi connectivity index (χ0) is 19.3. The zero-order valence-corrected chi connectivity index (χ0v) is 17.1. The zero-order valence-electron chi connectivity index (χ0n) is 15.5. The van der Waals surface area contributed by atoms with Crippen LogP contribution in [0.3, 0.4) is 0 Å². The Bertz CT molecular complexity index is 870. The molecule has 2 heterocycles. The largest absolute Gasteiger partial charge is 0.302 e. The van der Waals surface area contributed by atoms with Crippen LogP contribution in [0.25, 0.3) is 11.3 Å². The lowest BCUT2D eigenvalue weighted by Gasteiger charge is -2.14. The van der Waals surface area contributed by atoms with E-state index in [9.17, 15) is 13.2 Å². The van der Waals surface area contributed by atoms with Gasteiger partial charge in [0.2, 0.25) is 15.9 Å². The number of carbonyl (C=O) groups excluding carboxylic acids is 1. The topological polar surface area (TPSA) is 79.4 Å². The van der Waals surface area contributed by atoms with Crippen LogP contribution in [0.15, 0.2) is 29.6 Å². The molecule has 0 saturated carbocycles. The highest BCUT2D eigenvalue weighted by Crippen LogP contribution is 2.25. The Balaban J connectivity index is 1.49. The molecule has 1 aromatic heterocycles. The smallest absolute Gasteiger partial charge is 0.226 e. The summed E-state index contributed by atoms with van der Waals surface area (Å²) in [6.45, 7) is 3.33. The van der Waals surface area contributed by atoms with Crippen molar-refractivity contribution in [3.05, 3.63) is 35.2 Å². The Kier molecular flexibility index (Phi) is 6.62. The molecular formula is C19H25N3O3S2. The van der Waals surface area contributed by atoms with Crippen molar-refractivity contribution in [1.29, 1.82) is 0 Å². The molecule has 0 aliphatic carbocycles. The molecule has 0 radical (unpaired) electrons. The first-order chi connectivity index (χ1) is 13.0. The van der Waals surface area contributed by atoms with E-state index in [0.717, 1.165) is 30.5 Å². The quantitative estimate of drug-likeness (QED) is 0.726. The van der Waals surface area contributed by atoms with E-state index < -0.39 is 10.0 Å². The fraction of sp³-hybridized carbons (Fsp3) is 0.474. The normalized spacial score (nSPS) is 15.1. The highest BCUT2D eigenvalue weighted by Gasteiger charge is 2.24. The maximum Gasteiger partial charge on any atom is 0.226 e. The Morgan fingerprint density at radius 2 is 1.93 bits per heavy atom. The SMILES string of the molecule is CCc1ccc(-c2csc(NC(=O)CCCS(=O)(=O)N3CCCC3)n2)cc1. The number of hydrogen-bond acceptors (Lipinski definition) is 5. The summed E-state index contributed by atoms with van der Waals surface area (Å²) in [5, 5.41) is 5.22. The van der Waals surface area contributed by atoms with Gasteiger partial charge >= 0.3 is 0 Å². The minimum Gasteiger partial charge on any atom is -0.302 e. The molecule has 0 bridgehead atoms. The number of rotatable bonds is 8. The number of thiazole rings is 1. The van der Waals surface area contributed by atoms with E-state index in [1.165, 1.54) is 21.2 Å². The van der Waals surface area contributed by atoms with Gasteiger partial charge in [-0.25, -0.2) is 17.7 Å². The number of benzene rings is 1. The molecule has 8 heteroatoms. The van der Waals surface area contributed by atoms with Gasteiger partial charge in [0, 0.05) is 30.5 Å². The summed E-state index contributed by atoms with van der Waals surface area (Å²) in [5.74, 6) is -0.179. The summed E-state index contributed by atoms with van der Waals surface area (Å²) in [6, 6.07) is 8.22. The maximum absolute atomic E-state index is 12.2. The molecule has 27 heavy (non-hydrogen) atoms. The summed E-state index contributed by atoms with van der Waals surface area (Å²) in [4.78, 5) is 16.6. The second-order valence-electron chi connectivity index (χ2n) is 6.66. The first-order valence-corrected chi connectivity index (χ1v) is 11.8. The van der Waals surface area contributed by atoms with Crippen molar-refractivity contribution in [1.82, 2.24) is 9.29 Å². The number of anilines is 1. The molecule has 1 aromatic carbocycles. The van der Waals surface area contributed by atoms with Gasteiger partial charge in [-0.3, -0.25) is 4.79 Å². The average Bonchev–Trinajstić information content (AvgIpc) is 3.34. The van der Waals surface area contributed by atoms with Crippen LogP contribution in [-0.2, 0) is 21.2 Å². The van der Waals surface area contributed by atoms with E-state index in [4.69, 9.17) is 0 Å². The second-order valence-corrected chi connectivity index (χ2v) is 9.61. The summed E-state index contributed by atoms with van der Waals surface area (Å²) in [7, 11) is -3.23. The van der Waals surface area contributed by atoms with Crippen LogP contribution in [0, 0.1) is 0 Å². The Hall–Kier alpha value is -1.77. The fourth-order valence-corrected chi connectivity index (χ4v) is 5.38. The summed E-state index contributed by atoms with van der Waals surface area (Å²) < 4.78 is 25.9. The molecule has 3 rings (SSSR count). The Labute approximate surface area is 164 Å². The molecule has 146 valence electrons. The second kappa shape index (κ2) is 8.95. The molecule has 1 aliphatic rings. The predicted octanol–water partition coefficient (Wildman–Crippen LogP) is 3.52. The molecule has 1 N–H and O–H groups in total. The molecule has 0 spiro atoms. The standard InChI is InChI=1S/C19H25N3O3S2/c1-2-15-7-9-16(10-8-15)17-14-26-19(20-17)21-18(23)6-5-13-27(24,25)22-11-3-4-12-22/h7-10,14H,2-6,11-13H2,1H3,(H,20,21,23). The Morgan fingerprint density at radius 1 is 1.22 bits per heavy atom. The molecule has 1 amide bonds. The highest BCUT2D eigenvalue weighted by atomic mass is 32.2. The lowest BCUT2D eigenvalue weighted by Crippen LogP contribution is -2.30. The number of nitrogens with one attached hydrogen (secondary N) is 1. The van der Waals surface area contributed by atoms with Gasteiger partial charge in [0.15, 0.2) is 5.13 Å². The molecule has 2 aromatic rings. The van der Waals surface area contributed by atoms with E-state index in [-0.39, 0.29) is 18.1 Å². The van der Waals surface area contributed by atoms with Gasteiger partial charge in [0.25, 0.3) is 0 Å². The van der Waals surface area contributed by atoms with Gasteiger partial charge in [0.05, 0.1) is 11.4 Å². The molecule has 1 aliphatic heterocycles. The van der Waals surface area contributed by atoms with Crippen LogP contribution in [0.1, 0.15) is 38.2 Å². The van der Waals surface area contributed by atoms with Crippen LogP contribution in [0.2, 0.25) is 0 Å². The van der Waals surface area contributed by atoms with E-state index >= 15 is 0 Å². The third-order valence-electron chi connectivity index (χ3n) is 4.67. The fourth-order valence-electron chi connectivity index (χ4n) is 3.07. The van der Waals surface area contributed by atoms with E-state index in [1.807, 2.05) is 17.5 Å². The average molecular weight is 408 g/mol. The molecule has 1 fully saturated rings. The highest BCUT2D eigenvalue weighted by molar-refractivity contribution is 7.89. The van der Waals surface area contributed by atoms with Crippen LogP contribution in [0.5, 0.6) is 0 Å². The van der Waals surface area contributed by atoms with Crippen molar-refractivity contribution < 1.29 is 13.2 Å². The van der Waals surface area contributed by atoms with Crippen LogP contribution < -0.4 is 5.32 Å². The van der Waals surface area contributed by atoms with Crippen molar-refractivity contribution in [3.8, 4) is 11.3 Å². The van der Waals surface area contributed by atoms with Crippen molar-refractivity contribution in [2.45, 2.75) is 39.0 Å². The number of aromatic nitrogens is 1. The van der Waals surface area contributed by atoms with Crippen molar-refractivity contribution in [3.63, 3.8) is 0 Å². The molecule has 0 atom stereocenters. The monoisotopic (exact) mass is 407 g/mol. The molecule has 6 nitrogen and oxygen atoms in total. The number of sulfonamides is 1. The van der Waals surface area contributed by atoms with Crippen molar-refractivity contribution >= 4 is 32.4 Å². The predicted molar refractivity (Wildman–Crippen MR) is 109 cm³/mol. The summed E-state index contributed by atoms with van der Waals surface area (Å²) in [5.41, 5.74) is 3.11. The van der Waals surface area contributed by atoms with Gasteiger partial charge in [-0.05, 0) is 31.2 Å². The lowest BCUT2D eigenvalue weighted by molar-refractivity contribution is -0.116. The van der Waals surface area contributed by atoms with Gasteiger partial charge in [-0.2, -0.15) is 0 Å². The van der Waals surface area contributed by atoms with Crippen LogP contribution in [0.4, 0.5) is 5.13 Å². The minimum atomic E-state index is -3.23. The van der Waals surface area contributed by atoms with Crippen molar-refractivity contribution in [2.24, 2.45) is 0 Å². The number of aryl methyl sites for hydroxylation is 1. The lowest BCUT2D eigenvalue weighted by atomic mass is 10.1. The number of hydrogen-bond donors (Lipinski definition) is 1.